The molecule has 9 aromatic carbocycles. The highest BCUT2D eigenvalue weighted by molar-refractivity contribution is 6.20. The van der Waals surface area contributed by atoms with Gasteiger partial charge in [0.05, 0.1) is 16.6 Å². The highest BCUT2D eigenvalue weighted by Crippen LogP contribution is 2.44. The Kier molecular flexibility index (Phi) is 7.20. The zero-order chi connectivity index (χ0) is 38.2. The van der Waals surface area contributed by atoms with Crippen LogP contribution in [-0.4, -0.2) is 4.57 Å². The molecule has 0 bridgehead atoms. The van der Waals surface area contributed by atoms with Gasteiger partial charge in [-0.15, -0.1) is 0 Å². The number of nitrogens with zero attached hydrogens (tertiary/aromatic N) is 2. The Hall–Kier alpha value is -7.82. The summed E-state index contributed by atoms with van der Waals surface area (Å²) in [6.45, 7) is 0. The van der Waals surface area contributed by atoms with Gasteiger partial charge in [0.2, 0.25) is 5.71 Å². The van der Waals surface area contributed by atoms with E-state index in [0.717, 1.165) is 83.4 Å². The molecule has 12 rings (SSSR count). The van der Waals surface area contributed by atoms with Crippen LogP contribution in [0.1, 0.15) is 0 Å². The monoisotopic (exact) mass is 742 g/mol. The molecule has 0 spiro atoms. The summed E-state index contributed by atoms with van der Waals surface area (Å²) in [6, 6.07) is 73.0. The van der Waals surface area contributed by atoms with Crippen molar-refractivity contribution in [3.63, 3.8) is 0 Å². The van der Waals surface area contributed by atoms with Gasteiger partial charge in [0, 0.05) is 38.6 Å². The Labute approximate surface area is 334 Å². The van der Waals surface area contributed by atoms with Crippen molar-refractivity contribution in [2.75, 3.05) is 4.90 Å². The largest absolute Gasteiger partial charge is 0.454 e. The fourth-order valence-corrected chi connectivity index (χ4v) is 8.91. The van der Waals surface area contributed by atoms with E-state index in [2.05, 4.69) is 198 Å². The van der Waals surface area contributed by atoms with Gasteiger partial charge in [-0.05, 0) is 99.8 Å². The average Bonchev–Trinajstić information content (AvgIpc) is 3.96. The molecular formula is C54H34N2O2. The van der Waals surface area contributed by atoms with Crippen molar-refractivity contribution in [3.8, 4) is 27.9 Å². The first-order chi connectivity index (χ1) is 28.8. The third-order valence-electron chi connectivity index (χ3n) is 11.6. The molecule has 272 valence electrons. The topological polar surface area (TPSA) is 34.5 Å². The summed E-state index contributed by atoms with van der Waals surface area (Å²) in [4.78, 5) is 2.30. The molecule has 0 aliphatic carbocycles. The number of para-hydroxylation sites is 4. The average molecular weight is 743 g/mol. The molecule has 0 aliphatic heterocycles. The second-order valence-electron chi connectivity index (χ2n) is 14.9. The summed E-state index contributed by atoms with van der Waals surface area (Å²) in [5.41, 5.74) is 13.3. The van der Waals surface area contributed by atoms with Crippen LogP contribution < -0.4 is 4.90 Å². The molecule has 0 saturated carbocycles. The molecule has 3 aromatic heterocycles. The predicted octanol–water partition coefficient (Wildman–Crippen LogP) is 15.4. The summed E-state index contributed by atoms with van der Waals surface area (Å²) < 4.78 is 15.6. The van der Waals surface area contributed by atoms with Gasteiger partial charge < -0.3 is 13.7 Å². The van der Waals surface area contributed by atoms with Crippen LogP contribution in [0.4, 0.5) is 17.1 Å². The number of benzene rings is 9. The van der Waals surface area contributed by atoms with Gasteiger partial charge in [0.1, 0.15) is 11.2 Å². The first kappa shape index (κ1) is 32.4. The van der Waals surface area contributed by atoms with Crippen LogP contribution >= 0.6 is 0 Å². The van der Waals surface area contributed by atoms with Crippen molar-refractivity contribution in [2.45, 2.75) is 0 Å². The quantitative estimate of drug-likeness (QED) is 0.170. The minimum atomic E-state index is 0.855. The van der Waals surface area contributed by atoms with E-state index in [1.165, 1.54) is 27.3 Å². The van der Waals surface area contributed by atoms with E-state index in [9.17, 15) is 0 Å². The molecule has 0 unspecified atom stereocenters. The summed E-state index contributed by atoms with van der Waals surface area (Å²) in [5.74, 6) is 0. The second-order valence-corrected chi connectivity index (χ2v) is 14.9. The second kappa shape index (κ2) is 12.9. The smallest absolute Gasteiger partial charge is 0.213 e. The van der Waals surface area contributed by atoms with Crippen LogP contribution in [0.15, 0.2) is 215 Å². The highest BCUT2D eigenvalue weighted by Gasteiger charge is 2.22. The van der Waals surface area contributed by atoms with Gasteiger partial charge in [-0.2, -0.15) is 0 Å². The fourth-order valence-electron chi connectivity index (χ4n) is 8.91. The lowest BCUT2D eigenvalue weighted by Crippen LogP contribution is -2.10. The molecule has 0 amide bonds. The lowest BCUT2D eigenvalue weighted by molar-refractivity contribution is 0.645. The van der Waals surface area contributed by atoms with E-state index >= 15 is 0 Å². The standard InChI is InChI=1S/C54H34N2O2/c1-2-14-39(15-3-1)56-48-21-8-6-18-46(48)52-47-33-28-38(34-51(47)58-54(52)56)35-24-29-40(30-25-35)55(49-22-11-20-45-44-17-7-9-23-50(44)57-53(45)49)41-31-26-37(27-32-41)43-19-10-13-36-12-4-5-16-42(36)43/h1-34H. The first-order valence-electron chi connectivity index (χ1n) is 19.7. The summed E-state index contributed by atoms with van der Waals surface area (Å²) in [6.07, 6.45) is 0. The summed E-state index contributed by atoms with van der Waals surface area (Å²) in [7, 11) is 0. The van der Waals surface area contributed by atoms with E-state index in [1.54, 1.807) is 0 Å². The molecule has 3 heterocycles. The lowest BCUT2D eigenvalue weighted by Gasteiger charge is -2.26. The summed E-state index contributed by atoms with van der Waals surface area (Å²) >= 11 is 0. The normalized spacial score (nSPS) is 11.8. The van der Waals surface area contributed by atoms with Crippen molar-refractivity contribution in [1.82, 2.24) is 4.57 Å². The third-order valence-corrected chi connectivity index (χ3v) is 11.6. The van der Waals surface area contributed by atoms with Gasteiger partial charge in [0.15, 0.2) is 5.58 Å². The molecule has 0 fully saturated rings. The fraction of sp³-hybridized carbons (Fsp3) is 0. The molecule has 0 aliphatic rings. The van der Waals surface area contributed by atoms with Crippen molar-refractivity contribution in [2.24, 2.45) is 0 Å². The zero-order valence-electron chi connectivity index (χ0n) is 31.3. The summed E-state index contributed by atoms with van der Waals surface area (Å²) in [5, 5.41) is 8.10. The van der Waals surface area contributed by atoms with Gasteiger partial charge in [0.25, 0.3) is 0 Å². The molecule has 0 N–H and O–H groups in total. The Morgan fingerprint density at radius 3 is 1.86 bits per heavy atom. The maximum absolute atomic E-state index is 6.74. The Balaban J connectivity index is 0.971. The number of aromatic nitrogens is 1. The number of hydrogen-bond acceptors (Lipinski definition) is 3. The first-order valence-corrected chi connectivity index (χ1v) is 19.7. The highest BCUT2D eigenvalue weighted by atomic mass is 16.3. The van der Waals surface area contributed by atoms with Crippen LogP contribution in [0.5, 0.6) is 0 Å². The minimum Gasteiger partial charge on any atom is -0.454 e. The number of fused-ring (bicyclic) bond motifs is 9. The van der Waals surface area contributed by atoms with E-state index < -0.39 is 0 Å². The van der Waals surface area contributed by atoms with Gasteiger partial charge in [-0.1, -0.05) is 140 Å². The van der Waals surface area contributed by atoms with Gasteiger partial charge in [-0.3, -0.25) is 4.57 Å². The number of rotatable bonds is 6. The van der Waals surface area contributed by atoms with Crippen molar-refractivity contribution in [3.05, 3.63) is 206 Å². The van der Waals surface area contributed by atoms with Crippen molar-refractivity contribution >= 4 is 82.7 Å². The van der Waals surface area contributed by atoms with E-state index in [4.69, 9.17) is 8.83 Å². The molecule has 0 radical (unpaired) electrons. The van der Waals surface area contributed by atoms with Crippen LogP contribution in [0.25, 0.3) is 93.6 Å². The molecular weight excluding hydrogens is 709 g/mol. The predicted molar refractivity (Wildman–Crippen MR) is 241 cm³/mol. The molecule has 0 atom stereocenters. The number of hydrogen-bond donors (Lipinski definition) is 0. The van der Waals surface area contributed by atoms with Crippen LogP contribution in [0.2, 0.25) is 0 Å². The van der Waals surface area contributed by atoms with E-state index in [1.807, 2.05) is 18.2 Å². The van der Waals surface area contributed by atoms with Crippen molar-refractivity contribution < 1.29 is 8.83 Å². The zero-order valence-corrected chi connectivity index (χ0v) is 31.3. The van der Waals surface area contributed by atoms with Crippen molar-refractivity contribution in [1.29, 1.82) is 0 Å². The van der Waals surface area contributed by atoms with E-state index in [-0.39, 0.29) is 0 Å². The molecule has 4 heteroatoms. The Morgan fingerprint density at radius 2 is 1.03 bits per heavy atom. The third kappa shape index (κ3) is 5.02. The Bertz CT molecular complexity index is 3490. The van der Waals surface area contributed by atoms with Crippen LogP contribution in [0.3, 0.4) is 0 Å². The SMILES string of the molecule is c1ccc(-n2c3ccccc3c3c4ccc(-c5ccc(N(c6ccc(-c7cccc8ccccc78)cc6)c6cccc7c6oc6ccccc67)cc5)cc4oc32)cc1. The van der Waals surface area contributed by atoms with Gasteiger partial charge in [-0.25, -0.2) is 0 Å². The molecule has 12 aromatic rings. The molecule has 0 saturated heterocycles. The lowest BCUT2D eigenvalue weighted by atomic mass is 9.98. The molecule has 4 nitrogen and oxygen atoms in total. The molecule has 58 heavy (non-hydrogen) atoms. The Morgan fingerprint density at radius 1 is 0.397 bits per heavy atom. The number of furan rings is 2. The van der Waals surface area contributed by atoms with Crippen LogP contribution in [-0.2, 0) is 0 Å². The minimum absolute atomic E-state index is 0.855. The van der Waals surface area contributed by atoms with Crippen LogP contribution in [0, 0.1) is 0 Å². The maximum Gasteiger partial charge on any atom is 0.213 e. The van der Waals surface area contributed by atoms with Gasteiger partial charge >= 0.3 is 0 Å². The number of anilines is 3. The maximum atomic E-state index is 6.74. The van der Waals surface area contributed by atoms with E-state index in [0.29, 0.717) is 0 Å².